The highest BCUT2D eigenvalue weighted by Crippen LogP contribution is 2.23. The van der Waals surface area contributed by atoms with Crippen molar-refractivity contribution in [2.75, 3.05) is 38.3 Å². The molecule has 35 heavy (non-hydrogen) atoms. The number of terminal acetylenes is 1. The number of likely N-dealkylation sites (tertiary alicyclic amines) is 1. The first-order valence-electron chi connectivity index (χ1n) is 13.4. The Morgan fingerprint density at radius 2 is 1.77 bits per heavy atom. The van der Waals surface area contributed by atoms with Crippen LogP contribution in [0.2, 0.25) is 5.02 Å². The van der Waals surface area contributed by atoms with Crippen LogP contribution in [0.25, 0.3) is 0 Å². The number of anilines is 1. The van der Waals surface area contributed by atoms with Gasteiger partial charge in [0, 0.05) is 17.9 Å². The average molecular weight is 526 g/mol. The van der Waals surface area contributed by atoms with Crippen molar-refractivity contribution in [1.29, 1.82) is 0 Å². The van der Waals surface area contributed by atoms with E-state index in [0.29, 0.717) is 16.3 Å². The zero-order valence-electron chi connectivity index (χ0n) is 23.4. The third-order valence-corrected chi connectivity index (χ3v) is 6.57. The third-order valence-electron chi connectivity index (χ3n) is 5.65. The fraction of sp³-hybridized carbons (Fsp3) is 0.690. The topological polar surface area (TPSA) is 58.4 Å². The van der Waals surface area contributed by atoms with Gasteiger partial charge in [0.25, 0.3) is 0 Å². The van der Waals surface area contributed by atoms with Crippen LogP contribution in [0.5, 0.6) is 0 Å². The Hall–Kier alpha value is -1.11. The van der Waals surface area contributed by atoms with Crippen LogP contribution in [-0.4, -0.2) is 49.8 Å². The molecule has 1 aromatic carbocycles. The summed E-state index contributed by atoms with van der Waals surface area (Å²) >= 11 is 5.78. The predicted octanol–water partition coefficient (Wildman–Crippen LogP) is 7.50. The zero-order chi connectivity index (χ0) is 26.9. The number of aryl methyl sites for hydroxylation is 1. The number of nitrogens with zero attached hydrogens (tertiary/aromatic N) is 1. The summed E-state index contributed by atoms with van der Waals surface area (Å²) in [6, 6.07) is 4.49. The largest absolute Gasteiger partial charge is 0.397 e. The van der Waals surface area contributed by atoms with E-state index >= 15 is 0 Å². The zero-order valence-corrected chi connectivity index (χ0v) is 25.1. The van der Waals surface area contributed by atoms with Gasteiger partial charge in [-0.2, -0.15) is 0 Å². The highest BCUT2D eigenvalue weighted by atomic mass is 35.5. The minimum Gasteiger partial charge on any atom is -0.397 e. The van der Waals surface area contributed by atoms with Crippen molar-refractivity contribution in [2.45, 2.75) is 98.4 Å². The van der Waals surface area contributed by atoms with Gasteiger partial charge in [-0.25, -0.2) is 0 Å². The van der Waals surface area contributed by atoms with Gasteiger partial charge in [0.15, 0.2) is 0 Å². The van der Waals surface area contributed by atoms with Crippen LogP contribution in [0.1, 0.15) is 96.6 Å². The third kappa shape index (κ3) is 19.7. The molecule has 0 spiro atoms. The number of carbonyl (C=O) groups excluding carboxylic acids is 1. The monoisotopic (exact) mass is 525 g/mol. The molecule has 0 amide bonds. The Kier molecular flexibility index (Phi) is 26.7. The van der Waals surface area contributed by atoms with Gasteiger partial charge in [-0.05, 0) is 89.9 Å². The number of unbranched alkanes of at least 4 members (excludes halogenated alkanes) is 1. The van der Waals surface area contributed by atoms with E-state index in [1.54, 1.807) is 6.07 Å². The van der Waals surface area contributed by atoms with Crippen molar-refractivity contribution in [3.8, 4) is 12.3 Å². The minimum atomic E-state index is 0.486. The quantitative estimate of drug-likeness (QED) is 0.109. The molecule has 0 aliphatic carbocycles. The van der Waals surface area contributed by atoms with Gasteiger partial charge in [-0.15, -0.1) is 15.0 Å². The number of aldehydes is 1. The number of nitrogens with one attached hydrogen (secondary N) is 1. The molecule has 0 bridgehead atoms. The molecule has 3 N–H and O–H groups in total. The van der Waals surface area contributed by atoms with Crippen LogP contribution in [0.3, 0.4) is 0 Å². The van der Waals surface area contributed by atoms with E-state index in [0.717, 1.165) is 26.5 Å². The summed E-state index contributed by atoms with van der Waals surface area (Å²) in [4.78, 5) is 11.6. The first kappa shape index (κ1) is 36.0. The summed E-state index contributed by atoms with van der Waals surface area (Å²) < 4.78 is 0. The number of benzene rings is 1. The van der Waals surface area contributed by atoms with Crippen LogP contribution in [-0.2, 0) is 4.79 Å². The van der Waals surface area contributed by atoms with E-state index in [4.69, 9.17) is 28.6 Å². The molecule has 6 heteroatoms. The van der Waals surface area contributed by atoms with Crippen LogP contribution in [0.4, 0.5) is 5.69 Å². The first-order valence-corrected chi connectivity index (χ1v) is 15.5. The molecule has 2 unspecified atom stereocenters. The summed E-state index contributed by atoms with van der Waals surface area (Å²) in [6.45, 7) is 16.2. The second-order valence-corrected chi connectivity index (χ2v) is 10.3. The maximum absolute atomic E-state index is 8.81. The van der Waals surface area contributed by atoms with Gasteiger partial charge in [-0.1, -0.05) is 64.0 Å². The van der Waals surface area contributed by atoms with Crippen LogP contribution >= 0.6 is 20.2 Å². The van der Waals surface area contributed by atoms with Crippen molar-refractivity contribution in [3.05, 3.63) is 28.3 Å². The van der Waals surface area contributed by atoms with Gasteiger partial charge in [0.2, 0.25) is 0 Å². The Balaban J connectivity index is 0. The Morgan fingerprint density at radius 3 is 2.26 bits per heavy atom. The molecule has 1 aromatic rings. The number of hydrogen-bond acceptors (Lipinski definition) is 4. The lowest BCUT2D eigenvalue weighted by atomic mass is 10.0. The summed E-state index contributed by atoms with van der Waals surface area (Å²) in [7, 11) is 1.05. The van der Waals surface area contributed by atoms with Gasteiger partial charge < -0.3 is 20.7 Å². The van der Waals surface area contributed by atoms with Crippen LogP contribution in [0.15, 0.2) is 12.1 Å². The van der Waals surface area contributed by atoms with E-state index in [2.05, 4.69) is 43.6 Å². The van der Waals surface area contributed by atoms with E-state index in [9.17, 15) is 0 Å². The van der Waals surface area contributed by atoms with Crippen molar-refractivity contribution in [1.82, 2.24) is 10.2 Å². The van der Waals surface area contributed by atoms with Gasteiger partial charge in [0.1, 0.15) is 6.29 Å². The predicted molar refractivity (Wildman–Crippen MR) is 161 cm³/mol. The molecular formula is C29H53ClN3OP. The van der Waals surface area contributed by atoms with Crippen molar-refractivity contribution in [2.24, 2.45) is 0 Å². The van der Waals surface area contributed by atoms with E-state index in [1.165, 1.54) is 90.6 Å². The normalized spacial score (nSPS) is 13.9. The summed E-state index contributed by atoms with van der Waals surface area (Å²) in [5.74, 6) is 2.47. The number of rotatable bonds is 10. The van der Waals surface area contributed by atoms with E-state index < -0.39 is 0 Å². The van der Waals surface area contributed by atoms with Gasteiger partial charge in [-0.3, -0.25) is 0 Å². The molecule has 4 nitrogen and oxygen atoms in total. The molecule has 1 aliphatic heterocycles. The van der Waals surface area contributed by atoms with Crippen LogP contribution in [0, 0.1) is 19.3 Å². The molecule has 0 radical (unpaired) electrons. The highest BCUT2D eigenvalue weighted by molar-refractivity contribution is 7.36. The number of nitrogen functional groups attached to an aromatic ring is 1. The van der Waals surface area contributed by atoms with Gasteiger partial charge >= 0.3 is 0 Å². The molecule has 2 atom stereocenters. The number of piperidine rings is 1. The maximum atomic E-state index is 8.81. The number of carbonyl (C=O) groups is 1. The molecule has 0 saturated carbocycles. The molecule has 1 aliphatic rings. The minimum absolute atomic E-state index is 0.486. The van der Waals surface area contributed by atoms with Gasteiger partial charge in [0.05, 0.1) is 10.7 Å². The fourth-order valence-corrected chi connectivity index (χ4v) is 4.38. The fourth-order valence-electron chi connectivity index (χ4n) is 3.68. The Labute approximate surface area is 224 Å². The van der Waals surface area contributed by atoms with E-state index in [-0.39, 0.29) is 0 Å². The second-order valence-electron chi connectivity index (χ2n) is 8.80. The maximum Gasteiger partial charge on any atom is 0.116 e. The lowest BCUT2D eigenvalue weighted by Gasteiger charge is -2.34. The molecule has 202 valence electrons. The number of hydrogen-bond donors (Lipinski definition) is 2. The molecule has 1 saturated heterocycles. The van der Waals surface area contributed by atoms with Crippen molar-refractivity contribution >= 4 is 32.2 Å². The number of halogens is 1. The molecule has 0 aromatic heterocycles. The molecule has 2 rings (SSSR count). The first-order chi connectivity index (χ1) is 16.9. The summed E-state index contributed by atoms with van der Waals surface area (Å²) in [5.41, 5.74) is 7.76. The second kappa shape index (κ2) is 26.0. The Bertz CT molecular complexity index is 671. The van der Waals surface area contributed by atoms with Crippen molar-refractivity contribution < 1.29 is 4.79 Å². The lowest BCUT2D eigenvalue weighted by molar-refractivity contribution is -0.106. The summed E-state index contributed by atoms with van der Waals surface area (Å²) in [6.07, 6.45) is 19.6. The smallest absolute Gasteiger partial charge is 0.116 e. The standard InChI is InChI=1S/C14H31N2P.C9H8ClN.C4H10.C2H4O/c1-3-8-14(9-7-10-15-13-17-2)16-11-5-4-6-12-16;1-3-7-4-6(2)5-8(10)9(7)11;1-3-4-2;1-2-3/h14-15,17H,3-13H2,1-2H3;1,4-5H,11H2,2H3;3-4H2,1-2H3;2H,1H3. The van der Waals surface area contributed by atoms with Crippen molar-refractivity contribution in [3.63, 3.8) is 0 Å². The highest BCUT2D eigenvalue weighted by Gasteiger charge is 2.19. The lowest BCUT2D eigenvalue weighted by Crippen LogP contribution is -2.39. The summed E-state index contributed by atoms with van der Waals surface area (Å²) in [5, 5.41) is 4.06. The average Bonchev–Trinajstić information content (AvgIpc) is 2.87. The number of nitrogens with two attached hydrogens (primary N) is 1. The Morgan fingerprint density at radius 1 is 1.17 bits per heavy atom. The molecule has 1 fully saturated rings. The SMILES string of the molecule is C#Cc1cc(C)cc(Cl)c1N.CC=O.CCCC.CCCC(CCCNCPC)N1CCCCC1. The van der Waals surface area contributed by atoms with E-state index in [1.807, 2.05) is 13.0 Å². The molecular weight excluding hydrogens is 473 g/mol. The van der Waals surface area contributed by atoms with Crippen LogP contribution < -0.4 is 11.1 Å². The molecule has 1 heterocycles.